The average Bonchev–Trinajstić information content (AvgIpc) is 1.45. The zero-order valence-corrected chi connectivity index (χ0v) is 74.1. The Kier molecular flexibility index (Phi) is 18.5. The van der Waals surface area contributed by atoms with E-state index in [9.17, 15) is 0 Å². The molecule has 0 amide bonds. The first-order valence-corrected chi connectivity index (χ1v) is 47.7. The second kappa shape index (κ2) is 31.8. The van der Waals surface area contributed by atoms with Gasteiger partial charge in [-0.3, -0.25) is 18.8 Å². The van der Waals surface area contributed by atoms with Crippen molar-refractivity contribution >= 4 is 206 Å². The van der Waals surface area contributed by atoms with Crippen LogP contribution in [0.15, 0.2) is 447 Å². The van der Waals surface area contributed by atoms with E-state index in [1.54, 1.807) is 0 Å². The number of benzene rings is 15. The quantitative estimate of drug-likeness (QED) is 0.144. The Morgan fingerprint density at radius 3 is 1.05 bits per heavy atom. The number of pyridine rings is 4. The van der Waals surface area contributed by atoms with Crippen LogP contribution >= 0.6 is 45.3 Å². The van der Waals surface area contributed by atoms with Crippen LogP contribution in [0, 0.1) is 0 Å². The number of fused-ring (bicyclic) bond motifs is 24. The molecule has 14 heteroatoms. The Balaban J connectivity index is 0.0000000930. The van der Waals surface area contributed by atoms with E-state index in [1.807, 2.05) is 88.1 Å². The number of nitrogens with zero attached hydrogens (tertiary/aromatic N) is 10. The van der Waals surface area contributed by atoms with Gasteiger partial charge in [0.1, 0.15) is 11.3 Å². The third kappa shape index (κ3) is 12.6. The molecule has 0 radical (unpaired) electrons. The summed E-state index contributed by atoms with van der Waals surface area (Å²) in [5.74, 6) is 0. The van der Waals surface area contributed by atoms with Gasteiger partial charge in [0.2, 0.25) is 0 Å². The third-order valence-electron chi connectivity index (χ3n) is 25.9. The lowest BCUT2D eigenvalue weighted by atomic mass is 10.0. The van der Waals surface area contributed by atoms with Gasteiger partial charge in [-0.05, 0) is 212 Å². The predicted molar refractivity (Wildman–Crippen MR) is 560 cm³/mol. The van der Waals surface area contributed by atoms with Crippen molar-refractivity contribution in [2.45, 2.75) is 0 Å². The second-order valence-electron chi connectivity index (χ2n) is 33.2. The van der Waals surface area contributed by atoms with Crippen molar-refractivity contribution in [2.24, 2.45) is 0 Å². The maximum Gasteiger partial charge on any atom is 0.137 e. The van der Waals surface area contributed by atoms with Crippen molar-refractivity contribution in [3.8, 4) is 78.9 Å². The smallest absolute Gasteiger partial charge is 0.137 e. The maximum atomic E-state index is 5.04. The average molecular weight is 1760 g/mol. The summed E-state index contributed by atoms with van der Waals surface area (Å²) in [7, 11) is 0. The first-order chi connectivity index (χ1) is 65.5. The minimum atomic E-state index is 0.947. The van der Waals surface area contributed by atoms with E-state index >= 15 is 0 Å². The summed E-state index contributed by atoms with van der Waals surface area (Å²) in [6.07, 6.45) is 7.90. The van der Waals surface area contributed by atoms with E-state index in [-0.39, 0.29) is 0 Å². The van der Waals surface area contributed by atoms with Gasteiger partial charge < -0.3 is 18.3 Å². The van der Waals surface area contributed by atoms with E-state index < -0.39 is 0 Å². The molecule has 0 fully saturated rings. The Labute approximate surface area is 772 Å². The van der Waals surface area contributed by atoms with Gasteiger partial charge in [0.15, 0.2) is 0 Å². The number of aromatic nitrogens is 10. The van der Waals surface area contributed by atoms with Crippen LogP contribution in [0.1, 0.15) is 0 Å². The highest BCUT2D eigenvalue weighted by molar-refractivity contribution is 7.19. The molecule has 10 nitrogen and oxygen atoms in total. The molecule has 29 aromatic rings. The zero-order chi connectivity index (χ0) is 86.9. The molecular weight excluding hydrogens is 1690 g/mol. The standard InChI is InChI=1S/2C33H21N3S.C29H18N2S.C23H14N2S/c1-2-8-23(9-3-1)32-31(34-29-12-6-7-20-35(29)32)22-13-16-25(17-14-22)36-27-11-5-4-10-26(27)30-28(36)18-15-24-19-21-37-33(24)30;1-2-8-22(9-3-1)31-32(35-20-7-6-12-29(35)34-31)23-13-16-25(17-14-23)36-27-11-5-4-10-26(27)30-28(36)18-15-24-19-21-37-33(24)30;1-2-9-25-24(7-1)27-26(15-12-21-16-18-32-29(21)27)31(25)22-13-10-19(11-14-22)23-8-3-5-20-6-4-17-30-28(20)23;1-2-8-20-17(5-1)22-21(11-10-15-12-14-26-23(15)22)25(20)19-9-3-7-18-16(19)6-4-13-24-18/h2*1-21H;1-18H;1-14H. The Bertz CT molecular complexity index is 9530. The van der Waals surface area contributed by atoms with Crippen LogP contribution < -0.4 is 0 Å². The summed E-state index contributed by atoms with van der Waals surface area (Å²) < 4.78 is 19.3. The van der Waals surface area contributed by atoms with Gasteiger partial charge in [-0.25, -0.2) is 9.97 Å². The number of imidazole rings is 2. The summed E-state index contributed by atoms with van der Waals surface area (Å²) in [5, 5.41) is 26.8. The molecule has 132 heavy (non-hydrogen) atoms. The van der Waals surface area contributed by atoms with Crippen LogP contribution in [-0.4, -0.2) is 47.0 Å². The molecule has 0 bridgehead atoms. The van der Waals surface area contributed by atoms with Crippen LogP contribution in [0.4, 0.5) is 0 Å². The van der Waals surface area contributed by atoms with Crippen molar-refractivity contribution in [1.29, 1.82) is 0 Å². The molecule has 0 spiro atoms. The predicted octanol–water partition coefficient (Wildman–Crippen LogP) is 32.7. The monoisotopic (exact) mass is 1760 g/mol. The van der Waals surface area contributed by atoms with Crippen molar-refractivity contribution in [2.75, 3.05) is 0 Å². The topological polar surface area (TPSA) is 80.1 Å². The number of para-hydroxylation sites is 5. The van der Waals surface area contributed by atoms with Gasteiger partial charge >= 0.3 is 0 Å². The molecule has 0 unspecified atom stereocenters. The number of rotatable bonds is 9. The lowest BCUT2D eigenvalue weighted by Gasteiger charge is -2.11. The second-order valence-corrected chi connectivity index (χ2v) is 36.8. The summed E-state index contributed by atoms with van der Waals surface area (Å²) >= 11 is 7.27. The summed E-state index contributed by atoms with van der Waals surface area (Å²) in [5.41, 5.74) is 29.6. The molecule has 0 atom stereocenters. The minimum Gasteiger partial charge on any atom is -0.309 e. The molecule has 0 aliphatic heterocycles. The highest BCUT2D eigenvalue weighted by atomic mass is 32.1. The Hall–Kier alpha value is -16.5. The van der Waals surface area contributed by atoms with Crippen LogP contribution in [0.3, 0.4) is 0 Å². The fraction of sp³-hybridized carbons (Fsp3) is 0. The molecule has 620 valence electrons. The lowest BCUT2D eigenvalue weighted by Crippen LogP contribution is -1.95. The SMILES string of the molecule is c1cc(-n2c3ccccc3c3c4sccc4ccc32)c2cccnc2c1.c1ccc(-c2c(-c3ccc(-n4c5ccccc5c5c6sccc6ccc54)cc3)nc3ccccn23)cc1.c1ccc(-c2nc3ccccn3c2-c2ccc(-n3c4ccccc4c4c5sccc5ccc43)cc2)cc1.c1cnc2c(-c3ccc(-n4c5ccccc5c5c6sccc6ccc54)cc3)cccc2c1. The van der Waals surface area contributed by atoms with Gasteiger partial charge in [-0.15, -0.1) is 45.3 Å². The van der Waals surface area contributed by atoms with Gasteiger partial charge in [0.25, 0.3) is 0 Å². The van der Waals surface area contributed by atoms with Crippen molar-refractivity contribution in [3.63, 3.8) is 0 Å². The van der Waals surface area contributed by atoms with Crippen LogP contribution in [-0.2, 0) is 0 Å². The normalized spacial score (nSPS) is 11.8. The largest absolute Gasteiger partial charge is 0.309 e. The van der Waals surface area contributed by atoms with E-state index in [0.29, 0.717) is 0 Å². The van der Waals surface area contributed by atoms with Gasteiger partial charge in [0.05, 0.1) is 83.6 Å². The van der Waals surface area contributed by atoms with Gasteiger partial charge in [-0.2, -0.15) is 0 Å². The Morgan fingerprint density at radius 1 is 0.220 bits per heavy atom. The molecule has 0 saturated carbocycles. The van der Waals surface area contributed by atoms with E-state index in [1.165, 1.54) is 150 Å². The highest BCUT2D eigenvalue weighted by Crippen LogP contribution is 2.47. The van der Waals surface area contributed by atoms with E-state index in [4.69, 9.17) is 9.97 Å². The van der Waals surface area contributed by atoms with Crippen molar-refractivity contribution < 1.29 is 0 Å². The summed E-state index contributed by atoms with van der Waals surface area (Å²) in [4.78, 5) is 19.2. The molecule has 0 saturated heterocycles. The molecule has 14 heterocycles. The maximum absolute atomic E-state index is 5.04. The lowest BCUT2D eigenvalue weighted by molar-refractivity contribution is 1.17. The number of thiophene rings is 4. The van der Waals surface area contributed by atoms with Gasteiger partial charge in [0, 0.05) is 142 Å². The summed E-state index contributed by atoms with van der Waals surface area (Å²) in [6, 6.07) is 143. The zero-order valence-electron chi connectivity index (χ0n) is 70.8. The van der Waals surface area contributed by atoms with Crippen LogP contribution in [0.25, 0.3) is 240 Å². The number of hydrogen-bond acceptors (Lipinski definition) is 8. The molecule has 15 aromatic carbocycles. The molecule has 29 rings (SSSR count). The molecule has 0 N–H and O–H groups in total. The first kappa shape index (κ1) is 76.7. The first-order valence-electron chi connectivity index (χ1n) is 44.2. The van der Waals surface area contributed by atoms with Crippen LogP contribution in [0.5, 0.6) is 0 Å². The Morgan fingerprint density at radius 2 is 0.576 bits per heavy atom. The third-order valence-corrected chi connectivity index (χ3v) is 29.7. The van der Waals surface area contributed by atoms with E-state index in [2.05, 4.69) is 441 Å². The van der Waals surface area contributed by atoms with Crippen molar-refractivity contribution in [3.05, 3.63) is 447 Å². The molecular formula is C118H74N10S4. The van der Waals surface area contributed by atoms with E-state index in [0.717, 1.165) is 89.7 Å². The fourth-order valence-electron chi connectivity index (χ4n) is 20.1. The minimum absolute atomic E-state index is 0.947. The van der Waals surface area contributed by atoms with Gasteiger partial charge in [-0.1, -0.05) is 237 Å². The highest BCUT2D eigenvalue weighted by Gasteiger charge is 2.25. The number of hydrogen-bond donors (Lipinski definition) is 0. The van der Waals surface area contributed by atoms with Crippen LogP contribution in [0.2, 0.25) is 0 Å². The van der Waals surface area contributed by atoms with Crippen molar-refractivity contribution in [1.82, 2.24) is 47.0 Å². The fourth-order valence-corrected chi connectivity index (χ4v) is 23.9. The molecule has 0 aliphatic rings. The summed E-state index contributed by atoms with van der Waals surface area (Å²) in [6.45, 7) is 0. The molecule has 14 aromatic heterocycles. The molecule has 0 aliphatic carbocycles.